The molecule has 1 aromatic carbocycles. The van der Waals surface area contributed by atoms with Crippen LogP contribution in [0.4, 0.5) is 0 Å². The number of rotatable bonds is 6. The Balaban J connectivity index is 1.79. The zero-order valence-electron chi connectivity index (χ0n) is 12.1. The van der Waals surface area contributed by atoms with E-state index in [-0.39, 0.29) is 5.75 Å². The highest BCUT2D eigenvalue weighted by Crippen LogP contribution is 2.13. The van der Waals surface area contributed by atoms with Gasteiger partial charge in [0.05, 0.1) is 5.75 Å². The number of benzene rings is 1. The van der Waals surface area contributed by atoms with Gasteiger partial charge in [-0.1, -0.05) is 24.3 Å². The Morgan fingerprint density at radius 1 is 1.25 bits per heavy atom. The van der Waals surface area contributed by atoms with Gasteiger partial charge in [-0.15, -0.1) is 0 Å². The van der Waals surface area contributed by atoms with Crippen LogP contribution in [-0.2, 0) is 16.4 Å². The summed E-state index contributed by atoms with van der Waals surface area (Å²) in [6.45, 7) is 4.41. The molecule has 0 spiro atoms. The van der Waals surface area contributed by atoms with Crippen LogP contribution in [0.3, 0.4) is 0 Å². The second kappa shape index (κ2) is 7.20. The zero-order chi connectivity index (χ0) is 14.4. The van der Waals surface area contributed by atoms with Gasteiger partial charge in [-0.05, 0) is 56.3 Å². The molecule has 0 atom stereocenters. The maximum absolute atomic E-state index is 12.0. The summed E-state index contributed by atoms with van der Waals surface area (Å²) in [7, 11) is -3.14. The number of aryl methyl sites for hydroxylation is 1. The molecule has 1 aliphatic rings. The number of nitrogens with one attached hydrogen (secondary N) is 2. The van der Waals surface area contributed by atoms with Crippen LogP contribution < -0.4 is 10.0 Å². The lowest BCUT2D eigenvalue weighted by Gasteiger charge is -2.22. The Labute approximate surface area is 122 Å². The highest BCUT2D eigenvalue weighted by Gasteiger charge is 2.20. The molecule has 1 saturated heterocycles. The average Bonchev–Trinajstić information content (AvgIpc) is 2.41. The minimum Gasteiger partial charge on any atom is -0.317 e. The Hall–Kier alpha value is -0.910. The first-order chi connectivity index (χ1) is 9.57. The molecule has 0 amide bonds. The van der Waals surface area contributed by atoms with Crippen LogP contribution >= 0.6 is 0 Å². The molecule has 2 rings (SSSR count). The van der Waals surface area contributed by atoms with E-state index in [1.165, 1.54) is 11.1 Å². The third-order valence-electron chi connectivity index (χ3n) is 3.89. The maximum Gasteiger partial charge on any atom is 0.211 e. The van der Waals surface area contributed by atoms with E-state index in [2.05, 4.69) is 29.1 Å². The van der Waals surface area contributed by atoms with Crippen molar-refractivity contribution < 1.29 is 8.42 Å². The largest absolute Gasteiger partial charge is 0.317 e. The predicted molar refractivity (Wildman–Crippen MR) is 82.3 cm³/mol. The molecular formula is C15H24N2O2S. The highest BCUT2D eigenvalue weighted by molar-refractivity contribution is 7.89. The molecular weight excluding hydrogens is 272 g/mol. The van der Waals surface area contributed by atoms with Gasteiger partial charge < -0.3 is 5.32 Å². The Morgan fingerprint density at radius 2 is 1.95 bits per heavy atom. The summed E-state index contributed by atoms with van der Waals surface area (Å²) in [6.07, 6.45) is 2.66. The summed E-state index contributed by atoms with van der Waals surface area (Å²) in [5.74, 6) is 0.565. The number of sulfonamides is 1. The second-order valence-electron chi connectivity index (χ2n) is 5.55. The normalized spacial score (nSPS) is 17.2. The van der Waals surface area contributed by atoms with Crippen molar-refractivity contribution in [3.63, 3.8) is 0 Å². The standard InChI is InChI=1S/C15H24N2O2S/c1-13-4-2-3-5-15(13)8-11-17-20(18,19)12-14-6-9-16-10-7-14/h2-5,14,16-17H,6-12H2,1H3. The first-order valence-electron chi connectivity index (χ1n) is 7.29. The molecule has 0 saturated carbocycles. The molecule has 0 bridgehead atoms. The van der Waals surface area contributed by atoms with Crippen molar-refractivity contribution in [1.82, 2.24) is 10.0 Å². The van der Waals surface area contributed by atoms with Crippen molar-refractivity contribution in [2.75, 3.05) is 25.4 Å². The SMILES string of the molecule is Cc1ccccc1CCNS(=O)(=O)CC1CCNCC1. The number of hydrogen-bond donors (Lipinski definition) is 2. The van der Waals surface area contributed by atoms with Gasteiger partial charge in [0.15, 0.2) is 0 Å². The molecule has 5 heteroatoms. The predicted octanol–water partition coefficient (Wildman–Crippen LogP) is 1.46. The summed E-state index contributed by atoms with van der Waals surface area (Å²) in [4.78, 5) is 0. The molecule has 0 radical (unpaired) electrons. The van der Waals surface area contributed by atoms with Crippen LogP contribution in [0.25, 0.3) is 0 Å². The van der Waals surface area contributed by atoms with Crippen LogP contribution in [0, 0.1) is 12.8 Å². The third-order valence-corrected chi connectivity index (χ3v) is 5.45. The van der Waals surface area contributed by atoms with Crippen LogP contribution in [0.15, 0.2) is 24.3 Å². The molecule has 2 N–H and O–H groups in total. The van der Waals surface area contributed by atoms with Gasteiger partial charge in [-0.25, -0.2) is 13.1 Å². The molecule has 0 aromatic heterocycles. The molecule has 1 fully saturated rings. The highest BCUT2D eigenvalue weighted by atomic mass is 32.2. The van der Waals surface area contributed by atoms with E-state index in [9.17, 15) is 8.42 Å². The Morgan fingerprint density at radius 3 is 2.65 bits per heavy atom. The van der Waals surface area contributed by atoms with Gasteiger partial charge in [-0.3, -0.25) is 0 Å². The molecule has 1 aromatic rings. The molecule has 4 nitrogen and oxygen atoms in total. The van der Waals surface area contributed by atoms with Gasteiger partial charge in [-0.2, -0.15) is 0 Å². The molecule has 1 heterocycles. The first-order valence-corrected chi connectivity index (χ1v) is 8.94. The zero-order valence-corrected chi connectivity index (χ0v) is 12.9. The maximum atomic E-state index is 12.0. The lowest BCUT2D eigenvalue weighted by atomic mass is 10.0. The van der Waals surface area contributed by atoms with Gasteiger partial charge in [0.2, 0.25) is 10.0 Å². The Kier molecular flexibility index (Phi) is 5.57. The van der Waals surface area contributed by atoms with E-state index in [0.29, 0.717) is 12.5 Å². The number of piperidine rings is 1. The van der Waals surface area contributed by atoms with Gasteiger partial charge in [0, 0.05) is 6.54 Å². The minimum atomic E-state index is -3.14. The lowest BCUT2D eigenvalue weighted by molar-refractivity contribution is 0.400. The fourth-order valence-electron chi connectivity index (χ4n) is 2.65. The summed E-state index contributed by atoms with van der Waals surface area (Å²) >= 11 is 0. The van der Waals surface area contributed by atoms with Crippen LogP contribution in [0.2, 0.25) is 0 Å². The fraction of sp³-hybridized carbons (Fsp3) is 0.600. The summed E-state index contributed by atoms with van der Waals surface area (Å²) in [5, 5.41) is 3.26. The Bertz CT molecular complexity index is 522. The van der Waals surface area contributed by atoms with Crippen molar-refractivity contribution in [3.05, 3.63) is 35.4 Å². The smallest absolute Gasteiger partial charge is 0.211 e. The van der Waals surface area contributed by atoms with E-state index >= 15 is 0 Å². The summed E-state index contributed by atoms with van der Waals surface area (Å²) in [6, 6.07) is 8.10. The first kappa shape index (κ1) is 15.5. The van der Waals surface area contributed by atoms with Crippen molar-refractivity contribution >= 4 is 10.0 Å². The van der Waals surface area contributed by atoms with E-state index in [0.717, 1.165) is 32.4 Å². The molecule has 20 heavy (non-hydrogen) atoms. The van der Waals surface area contributed by atoms with Crippen LogP contribution in [0.5, 0.6) is 0 Å². The molecule has 112 valence electrons. The van der Waals surface area contributed by atoms with Gasteiger partial charge in [0.1, 0.15) is 0 Å². The monoisotopic (exact) mass is 296 g/mol. The van der Waals surface area contributed by atoms with Crippen molar-refractivity contribution in [2.45, 2.75) is 26.2 Å². The molecule has 0 aliphatic carbocycles. The molecule has 0 unspecified atom stereocenters. The quantitative estimate of drug-likeness (QED) is 0.835. The van der Waals surface area contributed by atoms with E-state index in [1.807, 2.05) is 12.1 Å². The van der Waals surface area contributed by atoms with Crippen molar-refractivity contribution in [1.29, 1.82) is 0 Å². The van der Waals surface area contributed by atoms with Gasteiger partial charge >= 0.3 is 0 Å². The van der Waals surface area contributed by atoms with E-state index in [4.69, 9.17) is 0 Å². The number of hydrogen-bond acceptors (Lipinski definition) is 3. The summed E-state index contributed by atoms with van der Waals surface area (Å²) < 4.78 is 26.8. The second-order valence-corrected chi connectivity index (χ2v) is 7.40. The third kappa shape index (κ3) is 4.89. The minimum absolute atomic E-state index is 0.266. The topological polar surface area (TPSA) is 58.2 Å². The fourth-order valence-corrected chi connectivity index (χ4v) is 4.13. The summed E-state index contributed by atoms with van der Waals surface area (Å²) in [5.41, 5.74) is 2.42. The molecule has 1 aliphatic heterocycles. The van der Waals surface area contributed by atoms with Gasteiger partial charge in [0.25, 0.3) is 0 Å². The van der Waals surface area contributed by atoms with E-state index in [1.54, 1.807) is 0 Å². The lowest BCUT2D eigenvalue weighted by Crippen LogP contribution is -2.36. The van der Waals surface area contributed by atoms with Crippen molar-refractivity contribution in [2.24, 2.45) is 5.92 Å². The van der Waals surface area contributed by atoms with Crippen molar-refractivity contribution in [3.8, 4) is 0 Å². The van der Waals surface area contributed by atoms with Crippen LogP contribution in [-0.4, -0.2) is 33.8 Å². The average molecular weight is 296 g/mol. The van der Waals surface area contributed by atoms with Crippen LogP contribution in [0.1, 0.15) is 24.0 Å². The van der Waals surface area contributed by atoms with E-state index < -0.39 is 10.0 Å².